The van der Waals surface area contributed by atoms with Crippen molar-refractivity contribution in [2.24, 2.45) is 0 Å². The van der Waals surface area contributed by atoms with Gasteiger partial charge in [0.05, 0.1) is 0 Å². The van der Waals surface area contributed by atoms with Crippen molar-refractivity contribution in [3.8, 4) is 5.75 Å². The topological polar surface area (TPSA) is 21.3 Å². The molecule has 0 unspecified atom stereocenters. The van der Waals surface area contributed by atoms with E-state index in [0.29, 0.717) is 18.4 Å². The van der Waals surface area contributed by atoms with E-state index in [2.05, 4.69) is 19.2 Å². The Hall–Kier alpha value is -1.09. The summed E-state index contributed by atoms with van der Waals surface area (Å²) in [6, 6.07) is 7.01. The number of nitrogens with one attached hydrogen (secondary N) is 1. The van der Waals surface area contributed by atoms with Gasteiger partial charge in [-0.3, -0.25) is 0 Å². The van der Waals surface area contributed by atoms with E-state index < -0.39 is 0 Å². The summed E-state index contributed by atoms with van der Waals surface area (Å²) in [6.07, 6.45) is 2.21. The van der Waals surface area contributed by atoms with Crippen LogP contribution >= 0.6 is 0 Å². The minimum absolute atomic E-state index is 0.301. The van der Waals surface area contributed by atoms with Crippen LogP contribution in [-0.2, 0) is 0 Å². The Morgan fingerprint density at radius 1 is 1.25 bits per heavy atom. The van der Waals surface area contributed by atoms with Crippen LogP contribution in [0.3, 0.4) is 0 Å². The molecule has 1 aromatic rings. The average Bonchev–Trinajstić information content (AvgIpc) is 2.31. The van der Waals surface area contributed by atoms with Gasteiger partial charge in [-0.15, -0.1) is 0 Å². The van der Waals surface area contributed by atoms with Gasteiger partial charge in [-0.1, -0.05) is 26.0 Å². The maximum atomic E-state index is 13.2. The average molecular weight is 225 g/mol. The van der Waals surface area contributed by atoms with Crippen molar-refractivity contribution in [1.82, 2.24) is 5.32 Å². The van der Waals surface area contributed by atoms with Crippen LogP contribution in [0.25, 0.3) is 0 Å². The predicted molar refractivity (Wildman–Crippen MR) is 64.3 cm³/mol. The number of halogens is 1. The third kappa shape index (κ3) is 4.19. The monoisotopic (exact) mass is 225 g/mol. The van der Waals surface area contributed by atoms with Crippen LogP contribution in [0.5, 0.6) is 5.75 Å². The minimum atomic E-state index is -0.301. The first-order valence-corrected chi connectivity index (χ1v) is 5.88. The summed E-state index contributed by atoms with van der Waals surface area (Å²) in [5.74, 6) is 0.0267. The largest absolute Gasteiger partial charge is 0.489 e. The summed E-state index contributed by atoms with van der Waals surface area (Å²) in [5.41, 5.74) is 0. The van der Waals surface area contributed by atoms with Crippen molar-refractivity contribution in [3.05, 3.63) is 30.1 Å². The summed E-state index contributed by atoms with van der Waals surface area (Å²) in [7, 11) is 0. The second kappa shape index (κ2) is 7.23. The van der Waals surface area contributed by atoms with Gasteiger partial charge in [0.1, 0.15) is 6.61 Å². The predicted octanol–water partition coefficient (Wildman–Crippen LogP) is 2.98. The Labute approximate surface area is 96.8 Å². The van der Waals surface area contributed by atoms with Crippen LogP contribution in [-0.4, -0.2) is 19.2 Å². The number of hydrogen-bond donors (Lipinski definition) is 1. The van der Waals surface area contributed by atoms with Crippen molar-refractivity contribution < 1.29 is 9.13 Å². The molecule has 0 bridgehead atoms. The lowest BCUT2D eigenvalue weighted by atomic mass is 10.2. The molecule has 0 fully saturated rings. The van der Waals surface area contributed by atoms with Gasteiger partial charge in [-0.25, -0.2) is 4.39 Å². The smallest absolute Gasteiger partial charge is 0.165 e. The lowest BCUT2D eigenvalue weighted by Gasteiger charge is -2.14. The molecule has 0 atom stereocenters. The number of rotatable bonds is 7. The van der Waals surface area contributed by atoms with Crippen molar-refractivity contribution in [1.29, 1.82) is 0 Å². The van der Waals surface area contributed by atoms with Gasteiger partial charge >= 0.3 is 0 Å². The van der Waals surface area contributed by atoms with E-state index in [1.165, 1.54) is 6.07 Å². The van der Waals surface area contributed by atoms with E-state index in [9.17, 15) is 4.39 Å². The van der Waals surface area contributed by atoms with Gasteiger partial charge in [0.25, 0.3) is 0 Å². The molecule has 0 heterocycles. The molecular formula is C13H20FNO. The second-order valence-electron chi connectivity index (χ2n) is 3.75. The first-order chi connectivity index (χ1) is 7.77. The quantitative estimate of drug-likeness (QED) is 0.720. The molecule has 16 heavy (non-hydrogen) atoms. The Bertz CT molecular complexity index is 300. The molecule has 1 N–H and O–H groups in total. The van der Waals surface area contributed by atoms with Gasteiger partial charge in [0.2, 0.25) is 0 Å². The zero-order valence-corrected chi connectivity index (χ0v) is 10.0. The molecule has 0 saturated carbocycles. The SMILES string of the molecule is CCC(CC)NCCOc1ccccc1F. The molecule has 1 rings (SSSR count). The molecule has 0 saturated heterocycles. The lowest BCUT2D eigenvalue weighted by molar-refractivity contribution is 0.289. The van der Waals surface area contributed by atoms with Crippen molar-refractivity contribution in [3.63, 3.8) is 0 Å². The molecule has 0 aromatic heterocycles. The highest BCUT2D eigenvalue weighted by Crippen LogP contribution is 2.14. The summed E-state index contributed by atoms with van der Waals surface area (Å²) in [5, 5.41) is 3.36. The fraction of sp³-hybridized carbons (Fsp3) is 0.538. The maximum absolute atomic E-state index is 13.2. The van der Waals surface area contributed by atoms with Crippen molar-refractivity contribution in [2.45, 2.75) is 32.7 Å². The van der Waals surface area contributed by atoms with Gasteiger partial charge in [-0.2, -0.15) is 0 Å². The molecule has 1 aromatic carbocycles. The van der Waals surface area contributed by atoms with Crippen LogP contribution < -0.4 is 10.1 Å². The summed E-state index contributed by atoms with van der Waals surface area (Å²) >= 11 is 0. The highest BCUT2D eigenvalue weighted by molar-refractivity contribution is 5.23. The van der Waals surface area contributed by atoms with Crippen molar-refractivity contribution >= 4 is 0 Å². The van der Waals surface area contributed by atoms with Gasteiger partial charge in [0.15, 0.2) is 11.6 Å². The van der Waals surface area contributed by atoms with E-state index >= 15 is 0 Å². The normalized spacial score (nSPS) is 10.8. The van der Waals surface area contributed by atoms with E-state index in [4.69, 9.17) is 4.74 Å². The van der Waals surface area contributed by atoms with Crippen LogP contribution in [0.1, 0.15) is 26.7 Å². The molecule has 0 aliphatic carbocycles. The maximum Gasteiger partial charge on any atom is 0.165 e. The molecular weight excluding hydrogens is 205 g/mol. The van der Waals surface area contributed by atoms with Gasteiger partial charge < -0.3 is 10.1 Å². The zero-order chi connectivity index (χ0) is 11.8. The third-order valence-corrected chi connectivity index (χ3v) is 2.61. The Morgan fingerprint density at radius 2 is 1.94 bits per heavy atom. The van der Waals surface area contributed by atoms with E-state index in [-0.39, 0.29) is 5.82 Å². The van der Waals surface area contributed by atoms with E-state index in [1.807, 2.05) is 0 Å². The van der Waals surface area contributed by atoms with Gasteiger partial charge in [0, 0.05) is 12.6 Å². The van der Waals surface area contributed by atoms with Crippen LogP contribution in [0.2, 0.25) is 0 Å². The van der Waals surface area contributed by atoms with Crippen molar-refractivity contribution in [2.75, 3.05) is 13.2 Å². The number of ether oxygens (including phenoxy) is 1. The molecule has 0 aliphatic rings. The minimum Gasteiger partial charge on any atom is -0.489 e. The first kappa shape index (κ1) is 13.0. The molecule has 0 spiro atoms. The first-order valence-electron chi connectivity index (χ1n) is 5.88. The Balaban J connectivity index is 2.23. The van der Waals surface area contributed by atoms with E-state index in [1.54, 1.807) is 18.2 Å². The number of para-hydroxylation sites is 1. The molecule has 2 nitrogen and oxygen atoms in total. The fourth-order valence-electron chi connectivity index (χ4n) is 1.56. The van der Waals surface area contributed by atoms with Gasteiger partial charge in [-0.05, 0) is 25.0 Å². The lowest BCUT2D eigenvalue weighted by Crippen LogP contribution is -2.31. The molecule has 0 amide bonds. The molecule has 3 heteroatoms. The summed E-state index contributed by atoms with van der Waals surface area (Å²) < 4.78 is 18.5. The molecule has 0 aliphatic heterocycles. The Morgan fingerprint density at radius 3 is 2.56 bits per heavy atom. The fourth-order valence-corrected chi connectivity index (χ4v) is 1.56. The molecule has 0 radical (unpaired) electrons. The van der Waals surface area contributed by atoms with Crippen LogP contribution in [0.4, 0.5) is 4.39 Å². The summed E-state index contributed by atoms with van der Waals surface area (Å²) in [6.45, 7) is 5.55. The third-order valence-electron chi connectivity index (χ3n) is 2.61. The van der Waals surface area contributed by atoms with E-state index in [0.717, 1.165) is 19.4 Å². The van der Waals surface area contributed by atoms with Crippen LogP contribution in [0, 0.1) is 5.82 Å². The highest BCUT2D eigenvalue weighted by atomic mass is 19.1. The standard InChI is InChI=1S/C13H20FNO/c1-3-11(4-2)15-9-10-16-13-8-6-5-7-12(13)14/h5-8,11,15H,3-4,9-10H2,1-2H3. The second-order valence-corrected chi connectivity index (χ2v) is 3.75. The molecule has 90 valence electrons. The number of benzene rings is 1. The number of hydrogen-bond acceptors (Lipinski definition) is 2. The summed E-state index contributed by atoms with van der Waals surface area (Å²) in [4.78, 5) is 0. The highest BCUT2D eigenvalue weighted by Gasteiger charge is 2.03. The zero-order valence-electron chi connectivity index (χ0n) is 10.0. The van der Waals surface area contributed by atoms with Crippen LogP contribution in [0.15, 0.2) is 24.3 Å². The Kier molecular flexibility index (Phi) is 5.86.